The van der Waals surface area contributed by atoms with E-state index in [9.17, 15) is 0 Å². The Hall–Kier alpha value is -0.120. The van der Waals surface area contributed by atoms with E-state index in [1.54, 1.807) is 0 Å². The molecule has 3 heteroatoms. The van der Waals surface area contributed by atoms with E-state index in [2.05, 4.69) is 26.1 Å². The Morgan fingerprint density at radius 1 is 1.07 bits per heavy atom. The average Bonchev–Trinajstić information content (AvgIpc) is 2.16. The van der Waals surface area contributed by atoms with E-state index < -0.39 is 0 Å². The minimum absolute atomic E-state index is 0.127. The minimum Gasteiger partial charge on any atom is -0.372 e. The molecule has 0 bridgehead atoms. The van der Waals surface area contributed by atoms with Crippen molar-refractivity contribution in [2.45, 2.75) is 52.0 Å². The molecule has 2 aliphatic heterocycles. The van der Waals surface area contributed by atoms with Crippen LogP contribution >= 0.6 is 0 Å². The van der Waals surface area contributed by atoms with Crippen molar-refractivity contribution < 1.29 is 9.47 Å². The maximum atomic E-state index is 5.67. The van der Waals surface area contributed by atoms with E-state index in [0.29, 0.717) is 11.5 Å². The van der Waals surface area contributed by atoms with Crippen LogP contribution in [0.1, 0.15) is 33.6 Å². The summed E-state index contributed by atoms with van der Waals surface area (Å²) >= 11 is 0. The van der Waals surface area contributed by atoms with Crippen LogP contribution in [0.15, 0.2) is 0 Å². The predicted molar refractivity (Wildman–Crippen MR) is 55.1 cm³/mol. The van der Waals surface area contributed by atoms with Gasteiger partial charge in [0.25, 0.3) is 0 Å². The van der Waals surface area contributed by atoms with Gasteiger partial charge in [-0.15, -0.1) is 0 Å². The van der Waals surface area contributed by atoms with Gasteiger partial charge in [0.15, 0.2) is 0 Å². The zero-order valence-electron chi connectivity index (χ0n) is 9.38. The van der Waals surface area contributed by atoms with Crippen LogP contribution in [0.25, 0.3) is 0 Å². The Morgan fingerprint density at radius 2 is 1.79 bits per heavy atom. The summed E-state index contributed by atoms with van der Waals surface area (Å²) in [4.78, 5) is 0. The van der Waals surface area contributed by atoms with Crippen LogP contribution in [0, 0.1) is 5.41 Å². The van der Waals surface area contributed by atoms with E-state index >= 15 is 0 Å². The minimum atomic E-state index is 0.127. The third-order valence-corrected chi connectivity index (χ3v) is 3.20. The first-order valence-electron chi connectivity index (χ1n) is 5.56. The normalized spacial score (nSPS) is 39.2. The summed E-state index contributed by atoms with van der Waals surface area (Å²) in [7, 11) is 0. The van der Waals surface area contributed by atoms with Gasteiger partial charge in [-0.05, 0) is 18.3 Å². The SMILES string of the molecule is CC(C)(C)C1CCC2OCCOC2N1. The third-order valence-electron chi connectivity index (χ3n) is 3.20. The molecular formula is C11H21NO2. The Labute approximate surface area is 86.2 Å². The molecule has 2 aliphatic rings. The van der Waals surface area contributed by atoms with Gasteiger partial charge in [-0.1, -0.05) is 20.8 Å². The quantitative estimate of drug-likeness (QED) is 0.641. The molecule has 3 nitrogen and oxygen atoms in total. The number of piperidine rings is 1. The van der Waals surface area contributed by atoms with E-state index in [1.165, 1.54) is 6.42 Å². The van der Waals surface area contributed by atoms with Gasteiger partial charge in [0.05, 0.1) is 19.3 Å². The van der Waals surface area contributed by atoms with Gasteiger partial charge in [0.1, 0.15) is 6.23 Å². The molecule has 82 valence electrons. The number of hydrogen-bond donors (Lipinski definition) is 1. The third kappa shape index (κ3) is 2.10. The summed E-state index contributed by atoms with van der Waals surface area (Å²) in [6, 6.07) is 0.547. The average molecular weight is 199 g/mol. The van der Waals surface area contributed by atoms with Crippen molar-refractivity contribution in [3.63, 3.8) is 0 Å². The second-order valence-corrected chi connectivity index (χ2v) is 5.36. The van der Waals surface area contributed by atoms with Crippen molar-refractivity contribution in [1.82, 2.24) is 5.32 Å². The summed E-state index contributed by atoms with van der Waals surface area (Å²) in [6.07, 6.45) is 2.72. The first kappa shape index (κ1) is 10.4. The maximum Gasteiger partial charge on any atom is 0.134 e. The molecule has 0 radical (unpaired) electrons. The van der Waals surface area contributed by atoms with Crippen molar-refractivity contribution >= 4 is 0 Å². The van der Waals surface area contributed by atoms with Gasteiger partial charge in [-0.25, -0.2) is 0 Å². The molecule has 3 atom stereocenters. The monoisotopic (exact) mass is 199 g/mol. The lowest BCUT2D eigenvalue weighted by atomic mass is 9.81. The van der Waals surface area contributed by atoms with Crippen molar-refractivity contribution in [2.24, 2.45) is 5.41 Å². The first-order valence-corrected chi connectivity index (χ1v) is 5.56. The van der Waals surface area contributed by atoms with Crippen LogP contribution in [0.3, 0.4) is 0 Å². The van der Waals surface area contributed by atoms with Crippen molar-refractivity contribution in [2.75, 3.05) is 13.2 Å². The van der Waals surface area contributed by atoms with Gasteiger partial charge in [-0.2, -0.15) is 0 Å². The highest BCUT2D eigenvalue weighted by Gasteiger charge is 2.37. The second-order valence-electron chi connectivity index (χ2n) is 5.36. The fourth-order valence-corrected chi connectivity index (χ4v) is 2.25. The summed E-state index contributed by atoms with van der Waals surface area (Å²) < 4.78 is 11.3. The predicted octanol–water partition coefficient (Wildman–Crippen LogP) is 1.53. The summed E-state index contributed by atoms with van der Waals surface area (Å²) in [5, 5.41) is 3.55. The molecule has 0 aromatic carbocycles. The molecule has 2 heterocycles. The number of rotatable bonds is 0. The fraction of sp³-hybridized carbons (Fsp3) is 1.00. The van der Waals surface area contributed by atoms with E-state index in [4.69, 9.17) is 9.47 Å². The highest BCUT2D eigenvalue weighted by atomic mass is 16.6. The van der Waals surface area contributed by atoms with Crippen LogP contribution in [-0.4, -0.2) is 31.6 Å². The lowest BCUT2D eigenvalue weighted by Gasteiger charge is -2.44. The van der Waals surface area contributed by atoms with Crippen LogP contribution in [0.2, 0.25) is 0 Å². The summed E-state index contributed by atoms with van der Waals surface area (Å²) in [6.45, 7) is 8.30. The Bertz CT molecular complexity index is 200. The lowest BCUT2D eigenvalue weighted by Crippen LogP contribution is -2.58. The largest absolute Gasteiger partial charge is 0.372 e. The molecule has 0 spiro atoms. The molecule has 0 aliphatic carbocycles. The molecule has 2 fully saturated rings. The Kier molecular flexibility index (Phi) is 2.82. The van der Waals surface area contributed by atoms with Crippen molar-refractivity contribution in [3.05, 3.63) is 0 Å². The lowest BCUT2D eigenvalue weighted by molar-refractivity contribution is -0.174. The van der Waals surface area contributed by atoms with Gasteiger partial charge in [-0.3, -0.25) is 5.32 Å². The summed E-state index contributed by atoms with van der Waals surface area (Å²) in [5.41, 5.74) is 0.311. The van der Waals surface area contributed by atoms with Crippen LogP contribution in [-0.2, 0) is 9.47 Å². The Balaban J connectivity index is 1.96. The van der Waals surface area contributed by atoms with Gasteiger partial charge in [0.2, 0.25) is 0 Å². The zero-order chi connectivity index (χ0) is 10.2. The van der Waals surface area contributed by atoms with E-state index in [-0.39, 0.29) is 12.3 Å². The first-order chi connectivity index (χ1) is 6.57. The highest BCUT2D eigenvalue weighted by molar-refractivity contribution is 4.90. The van der Waals surface area contributed by atoms with Crippen LogP contribution in [0.5, 0.6) is 0 Å². The molecule has 0 aromatic heterocycles. The molecular weight excluding hydrogens is 178 g/mol. The number of hydrogen-bond acceptors (Lipinski definition) is 3. The fourth-order valence-electron chi connectivity index (χ4n) is 2.25. The second kappa shape index (κ2) is 3.80. The maximum absolute atomic E-state index is 5.67. The smallest absolute Gasteiger partial charge is 0.134 e. The number of nitrogens with one attached hydrogen (secondary N) is 1. The van der Waals surface area contributed by atoms with E-state index in [0.717, 1.165) is 19.6 Å². The van der Waals surface area contributed by atoms with E-state index in [1.807, 2.05) is 0 Å². The zero-order valence-corrected chi connectivity index (χ0v) is 9.38. The highest BCUT2D eigenvalue weighted by Crippen LogP contribution is 2.30. The standard InChI is InChI=1S/C11H21NO2/c1-11(2,3)9-5-4-8-10(12-9)14-7-6-13-8/h8-10,12H,4-7H2,1-3H3. The number of fused-ring (bicyclic) bond motifs is 1. The van der Waals surface area contributed by atoms with Crippen LogP contribution in [0.4, 0.5) is 0 Å². The topological polar surface area (TPSA) is 30.5 Å². The molecule has 3 unspecified atom stereocenters. The summed E-state index contributed by atoms with van der Waals surface area (Å²) in [5.74, 6) is 0. The molecule has 1 N–H and O–H groups in total. The van der Waals surface area contributed by atoms with Crippen molar-refractivity contribution in [3.8, 4) is 0 Å². The molecule has 0 amide bonds. The van der Waals surface area contributed by atoms with Crippen molar-refractivity contribution in [1.29, 1.82) is 0 Å². The van der Waals surface area contributed by atoms with Gasteiger partial charge >= 0.3 is 0 Å². The molecule has 2 rings (SSSR count). The van der Waals surface area contributed by atoms with Crippen LogP contribution < -0.4 is 5.32 Å². The molecule has 2 saturated heterocycles. The van der Waals surface area contributed by atoms with Gasteiger partial charge < -0.3 is 9.47 Å². The Morgan fingerprint density at radius 3 is 2.50 bits per heavy atom. The molecule has 0 aromatic rings. The number of ether oxygens (including phenoxy) is 2. The van der Waals surface area contributed by atoms with Gasteiger partial charge in [0, 0.05) is 6.04 Å². The molecule has 14 heavy (non-hydrogen) atoms. The molecule has 0 saturated carbocycles.